The fourth-order valence-corrected chi connectivity index (χ4v) is 1.37. The third kappa shape index (κ3) is 4.41. The van der Waals surface area contributed by atoms with Crippen LogP contribution in [0.25, 0.3) is 0 Å². The molecule has 0 unspecified atom stereocenters. The van der Waals surface area contributed by atoms with Gasteiger partial charge < -0.3 is 9.47 Å². The molecule has 6 nitrogen and oxygen atoms in total. The van der Waals surface area contributed by atoms with Crippen molar-refractivity contribution in [2.24, 2.45) is 0 Å². The van der Waals surface area contributed by atoms with Crippen molar-refractivity contribution in [3.63, 3.8) is 0 Å². The minimum atomic E-state index is -0.703. The molecule has 0 aliphatic carbocycles. The lowest BCUT2D eigenvalue weighted by molar-refractivity contribution is -0.148. The van der Waals surface area contributed by atoms with Crippen LogP contribution in [0.1, 0.15) is 12.6 Å². The first kappa shape index (κ1) is 11.4. The summed E-state index contributed by atoms with van der Waals surface area (Å²) in [4.78, 5) is 25.4. The van der Waals surface area contributed by atoms with E-state index in [4.69, 9.17) is 0 Å². The zero-order valence-corrected chi connectivity index (χ0v) is 9.09. The first-order chi connectivity index (χ1) is 7.08. The molecule has 1 rings (SSSR count). The van der Waals surface area contributed by atoms with E-state index in [-0.39, 0.29) is 0 Å². The number of aryl methyl sites for hydroxylation is 1. The average Bonchev–Trinajstić information content (AvgIpc) is 2.50. The summed E-state index contributed by atoms with van der Waals surface area (Å²) in [6, 6.07) is 0. The van der Waals surface area contributed by atoms with E-state index in [0.717, 1.165) is 5.69 Å². The molecule has 0 spiro atoms. The summed E-state index contributed by atoms with van der Waals surface area (Å²) in [6.45, 7) is 2.64. The second kappa shape index (κ2) is 5.30. The SMILES string of the molecule is CC(=O)OCOC(=O)Nc1nc(C)cs1. The van der Waals surface area contributed by atoms with Crippen molar-refractivity contribution in [2.45, 2.75) is 13.8 Å². The van der Waals surface area contributed by atoms with E-state index in [0.29, 0.717) is 5.13 Å². The van der Waals surface area contributed by atoms with Gasteiger partial charge in [0.25, 0.3) is 0 Å². The normalized spacial score (nSPS) is 9.47. The summed E-state index contributed by atoms with van der Waals surface area (Å²) in [6.07, 6.45) is -0.703. The van der Waals surface area contributed by atoms with E-state index >= 15 is 0 Å². The van der Waals surface area contributed by atoms with Crippen LogP contribution < -0.4 is 5.32 Å². The molecule has 0 aliphatic rings. The third-order valence-corrected chi connectivity index (χ3v) is 2.16. The van der Waals surface area contributed by atoms with Gasteiger partial charge in [-0.25, -0.2) is 9.78 Å². The molecule has 0 radical (unpaired) electrons. The fraction of sp³-hybridized carbons (Fsp3) is 0.375. The summed E-state index contributed by atoms with van der Waals surface area (Å²) in [5.41, 5.74) is 0.815. The number of hydrogen-bond acceptors (Lipinski definition) is 6. The number of carbonyl (C=O) groups excluding carboxylic acids is 2. The Balaban J connectivity index is 2.27. The average molecular weight is 230 g/mol. The number of carbonyl (C=O) groups is 2. The molecule has 0 saturated heterocycles. The van der Waals surface area contributed by atoms with Crippen LogP contribution in [0.15, 0.2) is 5.38 Å². The highest BCUT2D eigenvalue weighted by molar-refractivity contribution is 7.13. The molecule has 82 valence electrons. The molecule has 1 amide bonds. The summed E-state index contributed by atoms with van der Waals surface area (Å²) in [5.74, 6) is -0.507. The molecule has 0 fully saturated rings. The van der Waals surface area contributed by atoms with Gasteiger partial charge in [-0.15, -0.1) is 11.3 Å². The highest BCUT2D eigenvalue weighted by Crippen LogP contribution is 2.14. The maximum absolute atomic E-state index is 11.0. The Kier molecular flexibility index (Phi) is 4.04. The first-order valence-electron chi connectivity index (χ1n) is 4.07. The van der Waals surface area contributed by atoms with Gasteiger partial charge in [-0.1, -0.05) is 0 Å². The topological polar surface area (TPSA) is 77.5 Å². The van der Waals surface area contributed by atoms with Gasteiger partial charge in [0.1, 0.15) is 0 Å². The highest BCUT2D eigenvalue weighted by atomic mass is 32.1. The highest BCUT2D eigenvalue weighted by Gasteiger charge is 2.06. The van der Waals surface area contributed by atoms with Crippen LogP contribution in [0.2, 0.25) is 0 Å². The molecule has 7 heteroatoms. The van der Waals surface area contributed by atoms with Gasteiger partial charge in [0.05, 0.1) is 5.69 Å². The number of aromatic nitrogens is 1. The number of anilines is 1. The van der Waals surface area contributed by atoms with Gasteiger partial charge in [0.15, 0.2) is 5.13 Å². The van der Waals surface area contributed by atoms with Crippen molar-refractivity contribution in [2.75, 3.05) is 12.1 Å². The largest absolute Gasteiger partial charge is 0.428 e. The maximum atomic E-state index is 11.0. The number of nitrogens with one attached hydrogen (secondary N) is 1. The Morgan fingerprint density at radius 2 is 2.27 bits per heavy atom. The van der Waals surface area contributed by atoms with Crippen molar-refractivity contribution < 1.29 is 19.1 Å². The lowest BCUT2D eigenvalue weighted by Gasteiger charge is -2.03. The molecule has 0 aromatic carbocycles. The number of rotatable bonds is 3. The van der Waals surface area contributed by atoms with Crippen molar-refractivity contribution in [1.29, 1.82) is 0 Å². The Hall–Kier alpha value is -1.63. The number of nitrogens with zero attached hydrogens (tertiary/aromatic N) is 1. The standard InChI is InChI=1S/C8H10N2O4S/c1-5-3-15-7(9-5)10-8(12)14-4-13-6(2)11/h3H,4H2,1-2H3,(H,9,10,12). The molecular weight excluding hydrogens is 220 g/mol. The minimum Gasteiger partial charge on any atom is -0.428 e. The molecule has 0 atom stereocenters. The number of thiazole rings is 1. The molecular formula is C8H10N2O4S. The summed E-state index contributed by atoms with van der Waals surface area (Å²) >= 11 is 1.29. The first-order valence-corrected chi connectivity index (χ1v) is 4.95. The predicted octanol–water partition coefficient (Wildman–Crippen LogP) is 1.52. The molecule has 15 heavy (non-hydrogen) atoms. The lowest BCUT2D eigenvalue weighted by Crippen LogP contribution is -2.16. The van der Waals surface area contributed by atoms with Crippen LogP contribution in [0.3, 0.4) is 0 Å². The van der Waals surface area contributed by atoms with Gasteiger partial charge in [-0.05, 0) is 6.92 Å². The second-order valence-corrected chi connectivity index (χ2v) is 3.46. The molecule has 0 bridgehead atoms. The Bertz CT molecular complexity index is 363. The number of hydrogen-bond donors (Lipinski definition) is 1. The molecule has 0 aliphatic heterocycles. The maximum Gasteiger partial charge on any atom is 0.416 e. The van der Waals surface area contributed by atoms with E-state index in [1.54, 1.807) is 5.38 Å². The van der Waals surface area contributed by atoms with Gasteiger partial charge >= 0.3 is 12.1 Å². The van der Waals surface area contributed by atoms with Crippen LogP contribution >= 0.6 is 11.3 Å². The van der Waals surface area contributed by atoms with Crippen LogP contribution in [-0.4, -0.2) is 23.8 Å². The molecule has 1 aromatic heterocycles. The molecule has 0 saturated carbocycles. The van der Waals surface area contributed by atoms with E-state index in [2.05, 4.69) is 19.8 Å². The van der Waals surface area contributed by atoms with Gasteiger partial charge in [-0.2, -0.15) is 0 Å². The second-order valence-electron chi connectivity index (χ2n) is 2.60. The number of ether oxygens (including phenoxy) is 2. The van der Waals surface area contributed by atoms with Gasteiger partial charge in [0, 0.05) is 12.3 Å². The fourth-order valence-electron chi connectivity index (χ4n) is 0.701. The summed E-state index contributed by atoms with van der Waals surface area (Å²) in [5, 5.41) is 4.63. The molecule has 1 aromatic rings. The van der Waals surface area contributed by atoms with Crippen molar-refractivity contribution in [3.05, 3.63) is 11.1 Å². The van der Waals surface area contributed by atoms with Crippen LogP contribution in [0.4, 0.5) is 9.93 Å². The predicted molar refractivity (Wildman–Crippen MR) is 53.6 cm³/mol. The minimum absolute atomic E-state index is 0.397. The van der Waals surface area contributed by atoms with E-state index in [9.17, 15) is 9.59 Å². The van der Waals surface area contributed by atoms with Crippen molar-refractivity contribution >= 4 is 28.5 Å². The molecule has 1 N–H and O–H groups in total. The number of amides is 1. The zero-order chi connectivity index (χ0) is 11.3. The summed E-state index contributed by atoms with van der Waals surface area (Å²) in [7, 11) is 0. The third-order valence-electron chi connectivity index (χ3n) is 1.28. The zero-order valence-electron chi connectivity index (χ0n) is 8.27. The summed E-state index contributed by atoms with van der Waals surface area (Å²) < 4.78 is 8.96. The Labute approximate surface area is 90.2 Å². The Morgan fingerprint density at radius 1 is 1.53 bits per heavy atom. The monoisotopic (exact) mass is 230 g/mol. The Morgan fingerprint density at radius 3 is 2.80 bits per heavy atom. The number of esters is 1. The van der Waals surface area contributed by atoms with Crippen molar-refractivity contribution in [3.8, 4) is 0 Å². The van der Waals surface area contributed by atoms with E-state index in [1.165, 1.54) is 18.3 Å². The van der Waals surface area contributed by atoms with Crippen LogP contribution in [0.5, 0.6) is 0 Å². The lowest BCUT2D eigenvalue weighted by atomic mass is 10.6. The van der Waals surface area contributed by atoms with Crippen molar-refractivity contribution in [1.82, 2.24) is 4.98 Å². The van der Waals surface area contributed by atoms with E-state index < -0.39 is 18.9 Å². The molecule has 1 heterocycles. The van der Waals surface area contributed by atoms with Crippen LogP contribution in [0, 0.1) is 6.92 Å². The van der Waals surface area contributed by atoms with Gasteiger partial charge in [0.2, 0.25) is 6.79 Å². The smallest absolute Gasteiger partial charge is 0.416 e. The van der Waals surface area contributed by atoms with Crippen LogP contribution in [-0.2, 0) is 14.3 Å². The van der Waals surface area contributed by atoms with Gasteiger partial charge in [-0.3, -0.25) is 10.1 Å². The quantitative estimate of drug-likeness (QED) is 0.629. The van der Waals surface area contributed by atoms with E-state index in [1.807, 2.05) is 6.92 Å².